The highest BCUT2D eigenvalue weighted by Crippen LogP contribution is 2.17. The van der Waals surface area contributed by atoms with Crippen molar-refractivity contribution in [3.8, 4) is 0 Å². The number of carbonyl (C=O) groups excluding carboxylic acids is 1. The molecule has 1 amide bonds. The molecule has 0 aromatic heterocycles. The van der Waals surface area contributed by atoms with E-state index in [2.05, 4.69) is 33.2 Å². The predicted octanol–water partition coefficient (Wildman–Crippen LogP) is 1.21. The molecule has 3 N–H and O–H groups in total. The number of aliphatic carboxylic acids is 1. The summed E-state index contributed by atoms with van der Waals surface area (Å²) in [6.07, 6.45) is 0. The third-order valence-electron chi connectivity index (χ3n) is 2.02. The van der Waals surface area contributed by atoms with E-state index in [1.54, 1.807) is 0 Å². The van der Waals surface area contributed by atoms with Gasteiger partial charge in [-0.05, 0) is 53.3 Å². The Morgan fingerprint density at radius 2 is 2.06 bits per heavy atom. The zero-order valence-corrected chi connectivity index (χ0v) is 11.4. The van der Waals surface area contributed by atoms with Crippen LogP contribution in [0.25, 0.3) is 0 Å². The summed E-state index contributed by atoms with van der Waals surface area (Å²) in [5, 5.41) is 13.6. The number of carboxylic acids is 1. The molecular weight excluding hydrogens is 335 g/mol. The lowest BCUT2D eigenvalue weighted by molar-refractivity contribution is -0.135. The number of anilines is 1. The first kappa shape index (κ1) is 13.9. The number of hydrogen-bond donors (Lipinski definition) is 3. The molecule has 1 aromatic rings. The Morgan fingerprint density at radius 1 is 1.35 bits per heavy atom. The van der Waals surface area contributed by atoms with E-state index in [0.29, 0.717) is 0 Å². The van der Waals surface area contributed by atoms with Gasteiger partial charge in [-0.15, -0.1) is 0 Å². The molecule has 6 heteroatoms. The molecule has 0 aliphatic rings. The summed E-state index contributed by atoms with van der Waals surface area (Å²) >= 11 is 2.20. The van der Waals surface area contributed by atoms with Crippen LogP contribution in [0.3, 0.4) is 0 Å². The maximum absolute atomic E-state index is 11.5. The van der Waals surface area contributed by atoms with Gasteiger partial charge in [-0.25, -0.2) is 0 Å². The van der Waals surface area contributed by atoms with Crippen LogP contribution in [0.1, 0.15) is 5.56 Å². The van der Waals surface area contributed by atoms with Crippen molar-refractivity contribution in [2.45, 2.75) is 6.92 Å². The van der Waals surface area contributed by atoms with Crippen LogP contribution in [-0.2, 0) is 9.59 Å². The Kier molecular flexibility index (Phi) is 5.36. The van der Waals surface area contributed by atoms with Gasteiger partial charge in [0.15, 0.2) is 0 Å². The van der Waals surface area contributed by atoms with Gasteiger partial charge in [0.05, 0.1) is 13.1 Å². The first-order valence-electron chi connectivity index (χ1n) is 4.97. The number of hydrogen-bond acceptors (Lipinski definition) is 3. The third-order valence-corrected chi connectivity index (χ3v) is 2.70. The van der Waals surface area contributed by atoms with Gasteiger partial charge >= 0.3 is 5.97 Å². The fraction of sp³-hybridized carbons (Fsp3) is 0.273. The molecule has 17 heavy (non-hydrogen) atoms. The molecule has 0 fully saturated rings. The molecule has 0 aliphatic heterocycles. The van der Waals surface area contributed by atoms with Crippen molar-refractivity contribution in [2.24, 2.45) is 0 Å². The summed E-state index contributed by atoms with van der Waals surface area (Å²) in [7, 11) is 0. The lowest BCUT2D eigenvalue weighted by Crippen LogP contribution is -2.31. The lowest BCUT2D eigenvalue weighted by atomic mass is 10.2. The molecule has 0 saturated carbocycles. The van der Waals surface area contributed by atoms with Gasteiger partial charge in [0.1, 0.15) is 0 Å². The minimum atomic E-state index is -0.983. The highest BCUT2D eigenvalue weighted by atomic mass is 127. The van der Waals surface area contributed by atoms with Crippen molar-refractivity contribution in [3.63, 3.8) is 0 Å². The van der Waals surface area contributed by atoms with Crippen LogP contribution >= 0.6 is 22.6 Å². The minimum Gasteiger partial charge on any atom is -0.480 e. The van der Waals surface area contributed by atoms with Gasteiger partial charge < -0.3 is 10.4 Å². The zero-order chi connectivity index (χ0) is 12.8. The molecule has 0 saturated heterocycles. The van der Waals surface area contributed by atoms with Crippen LogP contribution in [0, 0.1) is 10.5 Å². The van der Waals surface area contributed by atoms with Crippen LogP contribution in [0.5, 0.6) is 0 Å². The van der Waals surface area contributed by atoms with Gasteiger partial charge in [0.2, 0.25) is 5.91 Å². The molecule has 0 bridgehead atoms. The number of rotatable bonds is 5. The average Bonchev–Trinajstić information content (AvgIpc) is 2.21. The average molecular weight is 348 g/mol. The van der Waals surface area contributed by atoms with Crippen LogP contribution in [0.4, 0.5) is 5.69 Å². The fourth-order valence-electron chi connectivity index (χ4n) is 1.24. The maximum atomic E-state index is 11.5. The van der Waals surface area contributed by atoms with E-state index >= 15 is 0 Å². The number of halogens is 1. The Balaban J connectivity index is 2.48. The summed E-state index contributed by atoms with van der Waals surface area (Å²) in [4.78, 5) is 21.7. The van der Waals surface area contributed by atoms with Crippen molar-refractivity contribution >= 4 is 40.2 Å². The normalized spacial score (nSPS) is 10.0. The van der Waals surface area contributed by atoms with E-state index in [1.165, 1.54) is 0 Å². The number of nitrogens with one attached hydrogen (secondary N) is 2. The first-order valence-corrected chi connectivity index (χ1v) is 6.05. The Hall–Kier alpha value is -1.15. The van der Waals surface area contributed by atoms with E-state index < -0.39 is 5.97 Å². The molecule has 0 spiro atoms. The van der Waals surface area contributed by atoms with Crippen LogP contribution in [-0.4, -0.2) is 30.1 Å². The van der Waals surface area contributed by atoms with Crippen LogP contribution in [0.2, 0.25) is 0 Å². The second-order valence-electron chi connectivity index (χ2n) is 3.50. The quantitative estimate of drug-likeness (QED) is 0.699. The van der Waals surface area contributed by atoms with Gasteiger partial charge in [-0.3, -0.25) is 14.9 Å². The minimum absolute atomic E-state index is 0.0161. The summed E-state index contributed by atoms with van der Waals surface area (Å²) in [6, 6.07) is 5.68. The molecule has 0 heterocycles. The van der Waals surface area contributed by atoms with Gasteiger partial charge in [-0.2, -0.15) is 0 Å². The monoisotopic (exact) mass is 348 g/mol. The smallest absolute Gasteiger partial charge is 0.317 e. The van der Waals surface area contributed by atoms with E-state index in [1.807, 2.05) is 25.1 Å². The van der Waals surface area contributed by atoms with E-state index in [4.69, 9.17) is 5.11 Å². The molecule has 1 aromatic carbocycles. The van der Waals surface area contributed by atoms with Crippen LogP contribution in [0.15, 0.2) is 18.2 Å². The largest absolute Gasteiger partial charge is 0.480 e. The summed E-state index contributed by atoms with van der Waals surface area (Å²) in [6.45, 7) is 1.67. The second kappa shape index (κ2) is 6.55. The van der Waals surface area contributed by atoms with E-state index in [0.717, 1.165) is 14.8 Å². The highest BCUT2D eigenvalue weighted by molar-refractivity contribution is 14.1. The van der Waals surface area contributed by atoms with E-state index in [-0.39, 0.29) is 19.0 Å². The topological polar surface area (TPSA) is 78.4 Å². The SMILES string of the molecule is Cc1cc(I)ccc1NC(=O)CNCC(=O)O. The number of aryl methyl sites for hydroxylation is 1. The number of carbonyl (C=O) groups is 2. The highest BCUT2D eigenvalue weighted by Gasteiger charge is 2.05. The third kappa shape index (κ3) is 5.14. The number of benzene rings is 1. The molecule has 5 nitrogen and oxygen atoms in total. The van der Waals surface area contributed by atoms with Gasteiger partial charge in [0, 0.05) is 9.26 Å². The number of amides is 1. The molecule has 0 radical (unpaired) electrons. The zero-order valence-electron chi connectivity index (χ0n) is 9.29. The van der Waals surface area contributed by atoms with Crippen molar-refractivity contribution in [1.29, 1.82) is 0 Å². The molecule has 0 unspecified atom stereocenters. The van der Waals surface area contributed by atoms with E-state index in [9.17, 15) is 9.59 Å². The Labute approximate surface area is 113 Å². The molecule has 1 rings (SSSR count). The molecule has 0 atom stereocenters. The molecule has 92 valence electrons. The summed E-state index contributed by atoms with van der Waals surface area (Å²) in [5.74, 6) is -1.24. The van der Waals surface area contributed by atoms with Gasteiger partial charge in [0.25, 0.3) is 0 Å². The number of carboxylic acid groups (broad SMARTS) is 1. The van der Waals surface area contributed by atoms with Gasteiger partial charge in [-0.1, -0.05) is 0 Å². The Bertz CT molecular complexity index is 435. The second-order valence-corrected chi connectivity index (χ2v) is 4.75. The fourth-order valence-corrected chi connectivity index (χ4v) is 1.89. The molecular formula is C11H13IN2O3. The Morgan fingerprint density at radius 3 is 2.65 bits per heavy atom. The van der Waals surface area contributed by atoms with Crippen LogP contribution < -0.4 is 10.6 Å². The van der Waals surface area contributed by atoms with Crippen molar-refractivity contribution < 1.29 is 14.7 Å². The lowest BCUT2D eigenvalue weighted by Gasteiger charge is -2.08. The maximum Gasteiger partial charge on any atom is 0.317 e. The summed E-state index contributed by atoms with van der Waals surface area (Å²) < 4.78 is 1.10. The predicted molar refractivity (Wildman–Crippen MR) is 73.0 cm³/mol. The first-order chi connectivity index (χ1) is 7.99. The van der Waals surface area contributed by atoms with Crippen molar-refractivity contribution in [2.75, 3.05) is 18.4 Å². The van der Waals surface area contributed by atoms with Crippen molar-refractivity contribution in [3.05, 3.63) is 27.3 Å². The van der Waals surface area contributed by atoms with Crippen molar-refractivity contribution in [1.82, 2.24) is 5.32 Å². The molecule has 0 aliphatic carbocycles. The standard InChI is InChI=1S/C11H13IN2O3/c1-7-4-8(12)2-3-9(7)14-10(15)5-13-6-11(16)17/h2-4,13H,5-6H2,1H3,(H,14,15)(H,16,17). The summed E-state index contributed by atoms with van der Waals surface area (Å²) in [5.41, 5.74) is 1.72.